The summed E-state index contributed by atoms with van der Waals surface area (Å²) in [6, 6.07) is -2.22. The lowest BCUT2D eigenvalue weighted by molar-refractivity contribution is -0.265. The highest BCUT2D eigenvalue weighted by Gasteiger charge is 2.53. The van der Waals surface area contributed by atoms with E-state index in [1.54, 1.807) is 32.8 Å². The zero-order chi connectivity index (χ0) is 60.0. The maximum atomic E-state index is 14.6. The first-order valence-electron chi connectivity index (χ1n) is 29.1. The molecular formula is C60H89N7O15. The smallest absolute Gasteiger partial charge is 0.410 e. The van der Waals surface area contributed by atoms with Crippen molar-refractivity contribution in [1.82, 2.24) is 25.1 Å². The van der Waals surface area contributed by atoms with Crippen molar-refractivity contribution in [1.29, 1.82) is 0 Å². The molecule has 82 heavy (non-hydrogen) atoms. The van der Waals surface area contributed by atoms with Crippen molar-refractivity contribution in [2.24, 2.45) is 35.3 Å². The number of hydrogen-bond acceptors (Lipinski definition) is 19. The normalized spacial score (nSPS) is 35.5. The number of hydrogen-bond donors (Lipinski definition) is 5. The second-order valence-electron chi connectivity index (χ2n) is 23.2. The fourth-order valence-electron chi connectivity index (χ4n) is 11.8. The van der Waals surface area contributed by atoms with Crippen molar-refractivity contribution in [2.45, 2.75) is 179 Å². The lowest BCUT2D eigenvalue weighted by atomic mass is 9.80. The number of amides is 3. The zero-order valence-corrected chi connectivity index (χ0v) is 49.3. The first-order valence-corrected chi connectivity index (χ1v) is 29.1. The maximum absolute atomic E-state index is 14.6. The Hall–Kier alpha value is -5.75. The number of nitrogens with zero attached hydrogens (tertiary/aromatic N) is 5. The Morgan fingerprint density at radius 3 is 2.22 bits per heavy atom. The van der Waals surface area contributed by atoms with E-state index in [-0.39, 0.29) is 49.1 Å². The number of ketones is 3. The number of ether oxygens (including phenoxy) is 5. The number of piperazine rings is 1. The van der Waals surface area contributed by atoms with E-state index in [4.69, 9.17) is 29.4 Å². The van der Waals surface area contributed by atoms with Gasteiger partial charge in [0.2, 0.25) is 11.7 Å². The third-order valence-electron chi connectivity index (χ3n) is 17.2. The van der Waals surface area contributed by atoms with Gasteiger partial charge in [0.15, 0.2) is 5.78 Å². The van der Waals surface area contributed by atoms with Gasteiger partial charge in [-0.15, -0.1) is 0 Å². The summed E-state index contributed by atoms with van der Waals surface area (Å²) in [7, 11) is 4.61. The molecule has 0 unspecified atom stereocenters. The minimum Gasteiger partial charge on any atom is -0.459 e. The van der Waals surface area contributed by atoms with Crippen LogP contribution in [0.4, 0.5) is 10.7 Å². The maximum Gasteiger partial charge on any atom is 0.410 e. The van der Waals surface area contributed by atoms with E-state index in [1.807, 2.05) is 49.1 Å². The van der Waals surface area contributed by atoms with Crippen molar-refractivity contribution >= 4 is 47.2 Å². The summed E-state index contributed by atoms with van der Waals surface area (Å²) in [5.41, 5.74) is 8.35. The van der Waals surface area contributed by atoms with E-state index >= 15 is 0 Å². The first kappa shape index (κ1) is 65.4. The fourth-order valence-corrected chi connectivity index (χ4v) is 11.8. The molecule has 4 aliphatic heterocycles. The van der Waals surface area contributed by atoms with Gasteiger partial charge < -0.3 is 64.8 Å². The molecule has 454 valence electrons. The Morgan fingerprint density at radius 1 is 0.841 bits per heavy atom. The van der Waals surface area contributed by atoms with Crippen LogP contribution >= 0.6 is 0 Å². The molecule has 0 radical (unpaired) electrons. The van der Waals surface area contributed by atoms with Gasteiger partial charge in [-0.05, 0) is 101 Å². The number of Topliss-reactive ketones (excluding diaryl/α,β-unsaturated/α-hetero) is 3. The molecule has 1 aromatic rings. The third kappa shape index (κ3) is 16.7. The Kier molecular flexibility index (Phi) is 24.1. The van der Waals surface area contributed by atoms with Gasteiger partial charge in [0.1, 0.15) is 36.2 Å². The number of allylic oxidation sites excluding steroid dienone is 6. The van der Waals surface area contributed by atoms with Crippen LogP contribution in [0.1, 0.15) is 129 Å². The van der Waals surface area contributed by atoms with Crippen LogP contribution in [0.25, 0.3) is 0 Å². The Balaban J connectivity index is 1.20. The summed E-state index contributed by atoms with van der Waals surface area (Å²) in [5.74, 6) is -9.03. The Bertz CT molecular complexity index is 2510. The molecule has 0 spiro atoms. The van der Waals surface area contributed by atoms with E-state index in [9.17, 15) is 48.9 Å². The second kappa shape index (κ2) is 30.2. The van der Waals surface area contributed by atoms with E-state index in [0.29, 0.717) is 89.1 Å². The highest BCUT2D eigenvalue weighted by Crippen LogP contribution is 2.38. The topological polar surface area (TPSA) is 300 Å². The molecule has 3 saturated heterocycles. The number of aliphatic hydroxyl groups excluding tert-OH is 2. The number of piperidine rings is 1. The van der Waals surface area contributed by atoms with Crippen molar-refractivity contribution in [3.8, 4) is 0 Å². The molecule has 0 aromatic carbocycles. The number of nitrogens with two attached hydrogens (primary N) is 1. The predicted octanol–water partition coefficient (Wildman–Crippen LogP) is 4.33. The lowest BCUT2D eigenvalue weighted by Gasteiger charge is -2.42. The molecule has 4 fully saturated rings. The van der Waals surface area contributed by atoms with Crippen LogP contribution in [0.3, 0.4) is 0 Å². The lowest BCUT2D eigenvalue weighted by Crippen LogP contribution is -2.61. The summed E-state index contributed by atoms with van der Waals surface area (Å²) in [6.45, 7) is 11.8. The number of rotatable bonds is 8. The molecule has 5 aliphatic rings. The van der Waals surface area contributed by atoms with Crippen molar-refractivity contribution in [3.63, 3.8) is 0 Å². The van der Waals surface area contributed by atoms with Crippen molar-refractivity contribution < 1.29 is 72.6 Å². The summed E-state index contributed by atoms with van der Waals surface area (Å²) >= 11 is 0. The minimum absolute atomic E-state index is 0.00900. The van der Waals surface area contributed by atoms with Crippen LogP contribution in [0.2, 0.25) is 0 Å². The molecule has 6 N–H and O–H groups in total. The minimum atomic E-state index is -2.50. The number of carbonyl (C=O) groups is 7. The summed E-state index contributed by atoms with van der Waals surface area (Å²) in [4.78, 5) is 110. The van der Waals surface area contributed by atoms with Gasteiger partial charge >= 0.3 is 12.1 Å². The average Bonchev–Trinajstić information content (AvgIpc) is 3.35. The third-order valence-corrected chi connectivity index (χ3v) is 17.2. The molecule has 1 saturated carbocycles. The quantitative estimate of drug-likeness (QED) is 0.137. The van der Waals surface area contributed by atoms with Crippen LogP contribution in [0.15, 0.2) is 60.0 Å². The Labute approximate surface area is 482 Å². The summed E-state index contributed by atoms with van der Waals surface area (Å²) in [5, 5.41) is 37.0. The van der Waals surface area contributed by atoms with E-state index in [0.717, 1.165) is 10.5 Å². The molecule has 6 rings (SSSR count). The zero-order valence-electron chi connectivity index (χ0n) is 49.3. The number of nitrogens with one attached hydrogen (secondary N) is 1. The van der Waals surface area contributed by atoms with Gasteiger partial charge in [0.05, 0.1) is 23.9 Å². The average molecular weight is 1150 g/mol. The molecule has 15 atom stereocenters. The van der Waals surface area contributed by atoms with Crippen LogP contribution in [0.5, 0.6) is 0 Å². The molecule has 22 nitrogen and oxygen atoms in total. The SMILES string of the molecule is CNC(=O)c1cnc(N2CCN(C(=O)O[C@@H]3CC[C@@H](C[C@@H](N)[C@@H]4CC(=O)[C@H](C)/C=C(\C)[C@@H](O)[C@@H](O)C(=O)[C@H](C)C[C@H](C)/C=C/C=C/C=C(\C)[C@@H](OC)C[C@@H]5CC[C@@H](C)[C@@](O)(O5)C(=O)C(=O)N5CCCC[C@H]5C(=O)O4)C[C@H]3OC)CC2)nc1. The second-order valence-corrected chi connectivity index (χ2v) is 23.2. The molecule has 22 heteroatoms. The van der Waals surface area contributed by atoms with Gasteiger partial charge in [-0.25, -0.2) is 19.6 Å². The van der Waals surface area contributed by atoms with Gasteiger partial charge in [0, 0.05) is 103 Å². The first-order chi connectivity index (χ1) is 39.0. The van der Waals surface area contributed by atoms with E-state index in [1.165, 1.54) is 39.6 Å². The molecule has 3 amide bonds. The number of fused-ring (bicyclic) bond motifs is 3. The predicted molar refractivity (Wildman–Crippen MR) is 303 cm³/mol. The monoisotopic (exact) mass is 1150 g/mol. The summed E-state index contributed by atoms with van der Waals surface area (Å²) < 4.78 is 30.2. The molecule has 5 heterocycles. The van der Waals surface area contributed by atoms with Crippen molar-refractivity contribution in [2.75, 3.05) is 58.9 Å². The number of esters is 1. The number of aliphatic hydroxyl groups is 3. The molecular weight excluding hydrogens is 1060 g/mol. The Morgan fingerprint density at radius 2 is 1.55 bits per heavy atom. The largest absolute Gasteiger partial charge is 0.459 e. The highest BCUT2D eigenvalue weighted by atomic mass is 16.6. The van der Waals surface area contributed by atoms with Crippen LogP contribution < -0.4 is 16.0 Å². The molecule has 1 aromatic heterocycles. The van der Waals surface area contributed by atoms with Gasteiger partial charge in [-0.1, -0.05) is 64.2 Å². The number of aromatic nitrogens is 2. The number of cyclic esters (lactones) is 1. The molecule has 2 bridgehead atoms. The summed E-state index contributed by atoms with van der Waals surface area (Å²) in [6.07, 6.45) is 10.2. The molecule has 1 aliphatic carbocycles. The van der Waals surface area contributed by atoms with E-state index < -0.39 is 120 Å². The van der Waals surface area contributed by atoms with E-state index in [2.05, 4.69) is 15.3 Å². The number of methoxy groups -OCH3 is 2. The number of carbonyl (C=O) groups excluding carboxylic acids is 7. The van der Waals surface area contributed by atoms with Gasteiger partial charge in [-0.2, -0.15) is 0 Å². The van der Waals surface area contributed by atoms with Gasteiger partial charge in [0.25, 0.3) is 17.6 Å². The fraction of sp³-hybridized carbons (Fsp3) is 0.683. The van der Waals surface area contributed by atoms with Gasteiger partial charge in [-0.3, -0.25) is 24.0 Å². The standard InChI is InChI=1S/C60H89N7O15/c1-35-15-11-10-12-16-36(2)48(78-8)31-43-20-18-40(6)60(77,82-43)54(72)56(74)67-22-14-13-17-45(67)57(75)80-49(32-46(68)37(3)28-39(5)52(70)53(71)51(69)38(4)27-35)44(61)29-41-19-21-47(50(30-41)79-9)81-59(76)66-25-23-65(24-26-66)58-63-33-42(34-64-58)55(73)62-7/h10-12,15-16,28,33-35,37-38,40-41,43-45,47-50,52-53,70-71,77H,13-14,17-27,29-32,61H2,1-9H3,(H,62,73)/b12-10+,15-11+,36-16+,39-28+/t35-,37-,38-,40-,41+,43+,44-,45+,47-,48+,49+,50-,52-,53+,60-/m1/s1. The van der Waals surface area contributed by atoms with Crippen LogP contribution in [-0.2, 0) is 47.7 Å². The van der Waals surface area contributed by atoms with Crippen LogP contribution in [0, 0.1) is 29.6 Å². The van der Waals surface area contributed by atoms with Crippen LogP contribution in [-0.4, -0.2) is 191 Å². The highest BCUT2D eigenvalue weighted by molar-refractivity contribution is 6.39. The number of anilines is 1. The van der Waals surface area contributed by atoms with Crippen molar-refractivity contribution in [3.05, 3.63) is 65.6 Å².